The van der Waals surface area contributed by atoms with Gasteiger partial charge in [-0.3, -0.25) is 0 Å². The number of benzene rings is 1. The van der Waals surface area contributed by atoms with Gasteiger partial charge >= 0.3 is 0 Å². The summed E-state index contributed by atoms with van der Waals surface area (Å²) >= 11 is 4.93. The number of carbonyl (C=O) groups is 1. The van der Waals surface area contributed by atoms with Gasteiger partial charge in [0.1, 0.15) is 6.29 Å². The molecule has 0 aliphatic rings. The molecule has 2 rings (SSSR count). The summed E-state index contributed by atoms with van der Waals surface area (Å²) in [6.07, 6.45) is 1.24. The first-order valence-corrected chi connectivity index (χ1v) is 6.77. The van der Waals surface area contributed by atoms with Crippen molar-refractivity contribution >= 4 is 44.4 Å². The Kier molecular flexibility index (Phi) is 3.91. The van der Waals surface area contributed by atoms with Gasteiger partial charge in [-0.15, -0.1) is 11.3 Å². The lowest BCUT2D eigenvalue weighted by molar-refractivity contribution is -0.107. The molecule has 0 aliphatic heterocycles. The average Bonchev–Trinajstić information content (AvgIpc) is 2.71. The molecule has 0 saturated carbocycles. The van der Waals surface area contributed by atoms with Crippen molar-refractivity contribution in [1.29, 1.82) is 0 Å². The van der Waals surface area contributed by atoms with Crippen molar-refractivity contribution in [3.8, 4) is 0 Å². The van der Waals surface area contributed by atoms with Crippen LogP contribution in [0.15, 0.2) is 28.1 Å². The van der Waals surface area contributed by atoms with Crippen LogP contribution in [-0.2, 0) is 11.2 Å². The van der Waals surface area contributed by atoms with Gasteiger partial charge in [-0.05, 0) is 30.7 Å². The fourth-order valence-corrected chi connectivity index (χ4v) is 2.64. The van der Waals surface area contributed by atoms with Crippen LogP contribution < -0.4 is 5.32 Å². The van der Waals surface area contributed by atoms with E-state index < -0.39 is 0 Å². The zero-order valence-electron chi connectivity index (χ0n) is 9.24. The number of nitrogens with one attached hydrogen (secondary N) is 1. The third-order valence-electron chi connectivity index (χ3n) is 2.27. The van der Waals surface area contributed by atoms with E-state index in [1.54, 1.807) is 0 Å². The monoisotopic (exact) mass is 310 g/mol. The molecule has 88 valence electrons. The number of aryl methyl sites for hydroxylation is 1. The first kappa shape index (κ1) is 12.3. The molecule has 5 heteroatoms. The fourth-order valence-electron chi connectivity index (χ4n) is 1.43. The van der Waals surface area contributed by atoms with E-state index in [2.05, 4.69) is 26.2 Å². The van der Waals surface area contributed by atoms with Crippen LogP contribution in [0.25, 0.3) is 0 Å². The van der Waals surface area contributed by atoms with E-state index in [1.165, 1.54) is 11.3 Å². The predicted molar refractivity (Wildman–Crippen MR) is 74.0 cm³/mol. The largest absolute Gasteiger partial charge is 0.331 e. The molecule has 1 heterocycles. The highest BCUT2D eigenvalue weighted by Gasteiger charge is 2.04. The summed E-state index contributed by atoms with van der Waals surface area (Å²) in [5, 5.41) is 5.95. The van der Waals surface area contributed by atoms with E-state index in [0.717, 1.165) is 32.8 Å². The van der Waals surface area contributed by atoms with Crippen molar-refractivity contribution in [2.75, 3.05) is 5.32 Å². The van der Waals surface area contributed by atoms with Gasteiger partial charge in [0.2, 0.25) is 0 Å². The van der Waals surface area contributed by atoms with Gasteiger partial charge < -0.3 is 10.1 Å². The summed E-state index contributed by atoms with van der Waals surface area (Å²) in [5.41, 5.74) is 2.98. The van der Waals surface area contributed by atoms with Gasteiger partial charge in [0.15, 0.2) is 5.13 Å². The van der Waals surface area contributed by atoms with E-state index in [4.69, 9.17) is 0 Å². The average molecular weight is 311 g/mol. The maximum Gasteiger partial charge on any atom is 0.187 e. The molecular formula is C12H11BrN2OS. The minimum absolute atomic E-state index is 0.373. The van der Waals surface area contributed by atoms with Crippen molar-refractivity contribution in [2.24, 2.45) is 0 Å². The second-order valence-corrected chi connectivity index (χ2v) is 5.37. The highest BCUT2D eigenvalue weighted by molar-refractivity contribution is 9.10. The number of nitrogens with zero attached hydrogens (tertiary/aromatic N) is 1. The van der Waals surface area contributed by atoms with Crippen molar-refractivity contribution < 1.29 is 4.79 Å². The summed E-state index contributed by atoms with van der Waals surface area (Å²) in [5.74, 6) is 0. The Balaban J connectivity index is 2.16. The second kappa shape index (κ2) is 5.42. The smallest absolute Gasteiger partial charge is 0.187 e. The molecular weight excluding hydrogens is 300 g/mol. The molecule has 2 aromatic rings. The molecule has 0 radical (unpaired) electrons. The quantitative estimate of drug-likeness (QED) is 0.876. The van der Waals surface area contributed by atoms with Crippen LogP contribution in [0, 0.1) is 6.92 Å². The third kappa shape index (κ3) is 3.14. The Labute approximate surface area is 112 Å². The van der Waals surface area contributed by atoms with Gasteiger partial charge in [0, 0.05) is 22.0 Å². The molecule has 0 bridgehead atoms. The van der Waals surface area contributed by atoms with Crippen LogP contribution in [0.2, 0.25) is 0 Å². The van der Waals surface area contributed by atoms with E-state index in [-0.39, 0.29) is 0 Å². The molecule has 1 aromatic heterocycles. The number of hydrogen-bond acceptors (Lipinski definition) is 4. The number of thiazole rings is 1. The summed E-state index contributed by atoms with van der Waals surface area (Å²) < 4.78 is 1.06. The molecule has 0 atom stereocenters. The Morgan fingerprint density at radius 1 is 1.53 bits per heavy atom. The third-order valence-corrected chi connectivity index (χ3v) is 3.57. The Morgan fingerprint density at radius 2 is 2.35 bits per heavy atom. The lowest BCUT2D eigenvalue weighted by atomic mass is 10.2. The minimum atomic E-state index is 0.373. The van der Waals surface area contributed by atoms with Crippen LogP contribution in [0.4, 0.5) is 10.8 Å². The lowest BCUT2D eigenvalue weighted by Gasteiger charge is -2.06. The number of hydrogen-bond donors (Lipinski definition) is 1. The molecule has 0 fully saturated rings. The van der Waals surface area contributed by atoms with Gasteiger partial charge in [0.05, 0.1) is 5.69 Å². The van der Waals surface area contributed by atoms with Crippen LogP contribution in [0.5, 0.6) is 0 Å². The van der Waals surface area contributed by atoms with Gasteiger partial charge in [-0.1, -0.05) is 15.9 Å². The molecule has 1 N–H and O–H groups in total. The minimum Gasteiger partial charge on any atom is -0.331 e. The Hall–Kier alpha value is -1.20. The van der Waals surface area contributed by atoms with Crippen molar-refractivity contribution in [3.05, 3.63) is 39.3 Å². The molecule has 17 heavy (non-hydrogen) atoms. The maximum atomic E-state index is 10.4. The van der Waals surface area contributed by atoms with Gasteiger partial charge in [0.25, 0.3) is 0 Å². The highest BCUT2D eigenvalue weighted by atomic mass is 79.9. The number of halogens is 1. The van der Waals surface area contributed by atoms with E-state index >= 15 is 0 Å². The van der Waals surface area contributed by atoms with E-state index in [9.17, 15) is 4.79 Å². The number of aromatic nitrogens is 1. The fraction of sp³-hybridized carbons (Fsp3) is 0.167. The SMILES string of the molecule is Cc1cc(Br)ccc1Nc1nc(CC=O)cs1. The normalized spacial score (nSPS) is 10.2. The Bertz CT molecular complexity index is 539. The lowest BCUT2D eigenvalue weighted by Crippen LogP contribution is -1.93. The van der Waals surface area contributed by atoms with Gasteiger partial charge in [-0.25, -0.2) is 4.98 Å². The van der Waals surface area contributed by atoms with Crippen LogP contribution in [-0.4, -0.2) is 11.3 Å². The zero-order chi connectivity index (χ0) is 12.3. The van der Waals surface area contributed by atoms with Crippen LogP contribution in [0.3, 0.4) is 0 Å². The Morgan fingerprint density at radius 3 is 3.06 bits per heavy atom. The molecule has 0 spiro atoms. The predicted octanol–water partition coefficient (Wildman–Crippen LogP) is 3.70. The summed E-state index contributed by atoms with van der Waals surface area (Å²) in [4.78, 5) is 14.7. The first-order chi connectivity index (χ1) is 8.19. The zero-order valence-corrected chi connectivity index (χ0v) is 11.6. The molecule has 0 amide bonds. The van der Waals surface area contributed by atoms with Gasteiger partial charge in [-0.2, -0.15) is 0 Å². The maximum absolute atomic E-state index is 10.4. The number of rotatable bonds is 4. The summed E-state index contributed by atoms with van der Waals surface area (Å²) in [6, 6.07) is 6.03. The second-order valence-electron chi connectivity index (χ2n) is 3.60. The van der Waals surface area contributed by atoms with E-state index in [1.807, 2.05) is 30.5 Å². The van der Waals surface area contributed by atoms with Crippen molar-refractivity contribution in [3.63, 3.8) is 0 Å². The van der Waals surface area contributed by atoms with E-state index in [0.29, 0.717) is 6.42 Å². The molecule has 0 saturated heterocycles. The molecule has 1 aromatic carbocycles. The molecule has 0 unspecified atom stereocenters. The van der Waals surface area contributed by atoms with Crippen molar-refractivity contribution in [1.82, 2.24) is 4.98 Å². The van der Waals surface area contributed by atoms with Crippen LogP contribution >= 0.6 is 27.3 Å². The number of anilines is 2. The highest BCUT2D eigenvalue weighted by Crippen LogP contribution is 2.25. The summed E-state index contributed by atoms with van der Waals surface area (Å²) in [7, 11) is 0. The van der Waals surface area contributed by atoms with Crippen LogP contribution in [0.1, 0.15) is 11.3 Å². The van der Waals surface area contributed by atoms with Crippen molar-refractivity contribution in [2.45, 2.75) is 13.3 Å². The standard InChI is InChI=1S/C12H11BrN2OS/c1-8-6-9(13)2-3-11(8)15-12-14-10(4-5-16)7-17-12/h2-3,5-7H,4H2,1H3,(H,14,15). The summed E-state index contributed by atoms with van der Waals surface area (Å²) in [6.45, 7) is 2.03. The molecule has 3 nitrogen and oxygen atoms in total. The topological polar surface area (TPSA) is 42.0 Å². The molecule has 0 aliphatic carbocycles. The number of aldehydes is 1. The first-order valence-electron chi connectivity index (χ1n) is 5.10. The number of carbonyl (C=O) groups excluding carboxylic acids is 1.